The number of hydrogen-bond donors (Lipinski definition) is 12. The first kappa shape index (κ1) is 40.3. The number of alkyl carbamates (subject to hydrolysis) is 1. The Morgan fingerprint density at radius 2 is 1.09 bits per heavy atom. The van der Waals surface area contributed by atoms with Gasteiger partial charge in [-0.1, -0.05) is 63.4 Å². The number of ether oxygens (including phenoxy) is 1. The van der Waals surface area contributed by atoms with Crippen molar-refractivity contribution in [2.24, 2.45) is 5.73 Å². The van der Waals surface area contributed by atoms with Crippen LogP contribution in [0.5, 0.6) is 0 Å². The molecule has 0 heterocycles. The Bertz CT molecular complexity index is 1020. The Labute approximate surface area is 251 Å². The number of nitrogens with one attached hydrogen (secondary N) is 1. The largest absolute Gasteiger partial charge is 0.449 e. The summed E-state index contributed by atoms with van der Waals surface area (Å²) in [6.45, 7) is -1.98. The first-order valence-corrected chi connectivity index (χ1v) is 12.9. The van der Waals surface area contributed by atoms with Gasteiger partial charge in [-0.2, -0.15) is 0 Å². The van der Waals surface area contributed by atoms with Crippen LogP contribution in [-0.2, 0) is 4.74 Å². The van der Waals surface area contributed by atoms with E-state index in [-0.39, 0.29) is 33.9 Å². The molecule has 2 aromatic rings. The van der Waals surface area contributed by atoms with Gasteiger partial charge in [-0.15, -0.1) is 0 Å². The summed E-state index contributed by atoms with van der Waals surface area (Å²) in [7, 11) is 0. The minimum atomic E-state index is -1.75. The van der Waals surface area contributed by atoms with E-state index in [1.54, 1.807) is 0 Å². The van der Waals surface area contributed by atoms with E-state index in [0.717, 1.165) is 22.3 Å². The van der Waals surface area contributed by atoms with Crippen molar-refractivity contribution in [3.8, 4) is 11.1 Å². The number of nitrogens with two attached hydrogens (primary N) is 1. The van der Waals surface area contributed by atoms with Crippen LogP contribution in [-0.4, -0.2) is 139 Å². The van der Waals surface area contributed by atoms with E-state index in [1.807, 2.05) is 48.5 Å². The minimum absolute atomic E-state index is 0. The SMILES string of the molecule is C.C.NCC(O)C(O)C(O)C(O)CO.O=C(NCC(O)C(O)C(O)C(O)CO)OCC1c2ccccc2-c2ccccc21. The van der Waals surface area contributed by atoms with Crippen molar-refractivity contribution in [2.75, 3.05) is 32.9 Å². The van der Waals surface area contributed by atoms with Gasteiger partial charge in [-0.3, -0.25) is 0 Å². The fraction of sp³-hybridized carbons (Fsp3) is 0.552. The zero-order chi connectivity index (χ0) is 30.7. The van der Waals surface area contributed by atoms with Crippen LogP contribution < -0.4 is 11.1 Å². The summed E-state index contributed by atoms with van der Waals surface area (Å²) in [6, 6.07) is 15.8. The zero-order valence-electron chi connectivity index (χ0n) is 22.2. The normalized spacial score (nSPS) is 17.5. The van der Waals surface area contributed by atoms with Gasteiger partial charge in [-0.25, -0.2) is 4.79 Å². The first-order chi connectivity index (χ1) is 19.5. The molecule has 13 N–H and O–H groups in total. The van der Waals surface area contributed by atoms with Gasteiger partial charge >= 0.3 is 6.09 Å². The third kappa shape index (κ3) is 10.7. The third-order valence-corrected chi connectivity index (χ3v) is 6.69. The minimum Gasteiger partial charge on any atom is -0.449 e. The van der Waals surface area contributed by atoms with Gasteiger partial charge in [0.15, 0.2) is 0 Å². The maximum absolute atomic E-state index is 12.0. The van der Waals surface area contributed by atoms with Crippen LogP contribution in [0.15, 0.2) is 48.5 Å². The summed E-state index contributed by atoms with van der Waals surface area (Å²) in [4.78, 5) is 12.0. The van der Waals surface area contributed by atoms with Crippen LogP contribution in [0.25, 0.3) is 11.1 Å². The summed E-state index contributed by atoms with van der Waals surface area (Å²) in [5, 5.41) is 93.8. The molecule has 0 fully saturated rings. The Morgan fingerprint density at radius 3 is 1.51 bits per heavy atom. The second-order valence-electron chi connectivity index (χ2n) is 9.54. The molecule has 14 nitrogen and oxygen atoms in total. The van der Waals surface area contributed by atoms with Crippen LogP contribution in [0, 0.1) is 0 Å². The number of carbonyl (C=O) groups excluding carboxylic acids is 1. The number of rotatable bonds is 13. The van der Waals surface area contributed by atoms with Gasteiger partial charge < -0.3 is 66.9 Å². The van der Waals surface area contributed by atoms with Gasteiger partial charge in [0.25, 0.3) is 0 Å². The number of benzene rings is 2. The van der Waals surface area contributed by atoms with Crippen molar-refractivity contribution in [2.45, 2.75) is 69.6 Å². The van der Waals surface area contributed by atoms with E-state index in [0.29, 0.717) is 0 Å². The van der Waals surface area contributed by atoms with Crippen LogP contribution >= 0.6 is 0 Å². The standard InChI is InChI=1S/C21H25NO7.C6H15NO5.2CH4/c23-10-18(25)20(27)19(26)17(24)9-22-21(28)29-11-16-14-7-3-1-5-12(14)13-6-2-4-8-15(13)16;7-1-3(9)5(11)6(12)4(10)2-8;;/h1-8,16-20,23-27H,9-11H2,(H,22,28);3-6,8-12H,1-2,7H2;2*1H4. The molecule has 8 atom stereocenters. The number of aliphatic hydroxyl groups is 10. The molecular weight excluding hydrogens is 568 g/mol. The van der Waals surface area contributed by atoms with Crippen molar-refractivity contribution < 1.29 is 60.6 Å². The maximum atomic E-state index is 12.0. The number of hydrogen-bond acceptors (Lipinski definition) is 13. The molecule has 246 valence electrons. The Morgan fingerprint density at radius 1 is 0.698 bits per heavy atom. The van der Waals surface area contributed by atoms with Crippen LogP contribution in [0.1, 0.15) is 31.9 Å². The summed E-state index contributed by atoms with van der Waals surface area (Å²) < 4.78 is 5.30. The molecule has 3 rings (SSSR count). The highest BCUT2D eigenvalue weighted by atomic mass is 16.5. The lowest BCUT2D eigenvalue weighted by Gasteiger charge is -2.25. The van der Waals surface area contributed by atoms with E-state index >= 15 is 0 Å². The molecule has 1 aliphatic rings. The summed E-state index contributed by atoms with van der Waals surface area (Å²) in [5.41, 5.74) is 9.33. The monoisotopic (exact) mass is 616 g/mol. The Kier molecular flexibility index (Phi) is 18.3. The molecular formula is C29H48N2O12. The van der Waals surface area contributed by atoms with E-state index in [2.05, 4.69) is 5.32 Å². The first-order valence-electron chi connectivity index (χ1n) is 12.9. The molecule has 0 saturated heterocycles. The topological polar surface area (TPSA) is 267 Å². The average molecular weight is 617 g/mol. The molecule has 0 bridgehead atoms. The quantitative estimate of drug-likeness (QED) is 0.112. The fourth-order valence-electron chi connectivity index (χ4n) is 4.22. The molecule has 0 aromatic heterocycles. The Hall–Kier alpha value is -2.73. The van der Waals surface area contributed by atoms with E-state index in [9.17, 15) is 25.2 Å². The second-order valence-corrected chi connectivity index (χ2v) is 9.54. The van der Waals surface area contributed by atoms with Crippen molar-refractivity contribution >= 4 is 6.09 Å². The predicted molar refractivity (Wildman–Crippen MR) is 158 cm³/mol. The van der Waals surface area contributed by atoms with Gasteiger partial charge in [0, 0.05) is 19.0 Å². The molecule has 0 spiro atoms. The molecule has 43 heavy (non-hydrogen) atoms. The lowest BCUT2D eigenvalue weighted by molar-refractivity contribution is -0.113. The highest BCUT2D eigenvalue weighted by molar-refractivity contribution is 5.79. The maximum Gasteiger partial charge on any atom is 0.407 e. The zero-order valence-corrected chi connectivity index (χ0v) is 22.2. The lowest BCUT2D eigenvalue weighted by atomic mass is 9.98. The average Bonchev–Trinajstić information content (AvgIpc) is 3.33. The highest BCUT2D eigenvalue weighted by Gasteiger charge is 2.32. The Balaban J connectivity index is 0.00000108. The van der Waals surface area contributed by atoms with Crippen LogP contribution in [0.4, 0.5) is 4.79 Å². The molecule has 1 amide bonds. The molecule has 1 aliphatic carbocycles. The number of aliphatic hydroxyl groups excluding tert-OH is 10. The predicted octanol–water partition coefficient (Wildman–Crippen LogP) is -2.39. The molecule has 14 heteroatoms. The lowest BCUT2D eigenvalue weighted by Crippen LogP contribution is -2.49. The number of amides is 1. The van der Waals surface area contributed by atoms with Gasteiger partial charge in [0.2, 0.25) is 0 Å². The highest BCUT2D eigenvalue weighted by Crippen LogP contribution is 2.44. The molecule has 0 aliphatic heterocycles. The molecule has 8 unspecified atom stereocenters. The van der Waals surface area contributed by atoms with Crippen LogP contribution in [0.2, 0.25) is 0 Å². The van der Waals surface area contributed by atoms with Crippen molar-refractivity contribution in [1.82, 2.24) is 5.32 Å². The molecule has 2 aromatic carbocycles. The van der Waals surface area contributed by atoms with E-state index in [1.165, 1.54) is 0 Å². The van der Waals surface area contributed by atoms with Crippen molar-refractivity contribution in [1.29, 1.82) is 0 Å². The number of carbonyl (C=O) groups is 1. The second kappa shape index (κ2) is 19.5. The smallest absolute Gasteiger partial charge is 0.407 e. The third-order valence-electron chi connectivity index (χ3n) is 6.69. The van der Waals surface area contributed by atoms with E-state index in [4.69, 9.17) is 41.1 Å². The van der Waals surface area contributed by atoms with Crippen LogP contribution in [0.3, 0.4) is 0 Å². The number of fused-ring (bicyclic) bond motifs is 3. The summed E-state index contributed by atoms with van der Waals surface area (Å²) >= 11 is 0. The molecule has 0 radical (unpaired) electrons. The summed E-state index contributed by atoms with van der Waals surface area (Å²) in [5.74, 6) is -0.106. The van der Waals surface area contributed by atoms with E-state index < -0.39 is 74.7 Å². The van der Waals surface area contributed by atoms with Gasteiger partial charge in [-0.05, 0) is 22.3 Å². The fourth-order valence-corrected chi connectivity index (χ4v) is 4.22. The summed E-state index contributed by atoms with van der Waals surface area (Å²) in [6.07, 6.45) is -13.3. The van der Waals surface area contributed by atoms with Crippen molar-refractivity contribution in [3.05, 3.63) is 59.7 Å². The van der Waals surface area contributed by atoms with Gasteiger partial charge in [0.1, 0.15) is 43.2 Å². The van der Waals surface area contributed by atoms with Gasteiger partial charge in [0.05, 0.1) is 25.4 Å². The van der Waals surface area contributed by atoms with Crippen molar-refractivity contribution in [3.63, 3.8) is 0 Å². The molecule has 0 saturated carbocycles.